The van der Waals surface area contributed by atoms with E-state index in [9.17, 15) is 13.2 Å². The van der Waals surface area contributed by atoms with Gasteiger partial charge in [0.05, 0.1) is 6.26 Å². The Hall–Kier alpha value is -2.08. The molecule has 0 aliphatic rings. The largest absolute Gasteiger partial charge is 0.456 e. The molecule has 1 aromatic carbocycles. The second kappa shape index (κ2) is 5.73. The van der Waals surface area contributed by atoms with E-state index in [1.165, 1.54) is 0 Å². The van der Waals surface area contributed by atoms with Gasteiger partial charge in [0.1, 0.15) is 12.3 Å². The standard InChI is InChI=1S/C15H17NO4S/c1-11-9-12(2)16(21(3,18)19)14(11)15(17)20-10-13-7-5-4-6-8-13/h4-9H,10H2,1-3H3. The minimum atomic E-state index is -3.56. The van der Waals surface area contributed by atoms with Crippen LogP contribution in [0.4, 0.5) is 0 Å². The number of hydrogen-bond acceptors (Lipinski definition) is 4. The molecular formula is C15H17NO4S. The monoisotopic (exact) mass is 307 g/mol. The molecule has 0 spiro atoms. The zero-order chi connectivity index (χ0) is 15.6. The highest BCUT2D eigenvalue weighted by atomic mass is 32.2. The Labute approximate surface area is 124 Å². The normalized spacial score (nSPS) is 11.4. The van der Waals surface area contributed by atoms with Gasteiger partial charge in [0.2, 0.25) is 10.0 Å². The first-order valence-electron chi connectivity index (χ1n) is 6.41. The van der Waals surface area contributed by atoms with Crippen molar-refractivity contribution in [1.29, 1.82) is 0 Å². The van der Waals surface area contributed by atoms with E-state index in [2.05, 4.69) is 0 Å². The molecule has 1 aromatic heterocycles. The van der Waals surface area contributed by atoms with Crippen LogP contribution in [0.2, 0.25) is 0 Å². The summed E-state index contributed by atoms with van der Waals surface area (Å²) in [5, 5.41) is 0. The summed E-state index contributed by atoms with van der Waals surface area (Å²) in [6.45, 7) is 3.43. The zero-order valence-electron chi connectivity index (χ0n) is 12.2. The number of nitrogens with zero attached hydrogens (tertiary/aromatic N) is 1. The fraction of sp³-hybridized carbons (Fsp3) is 0.267. The number of ether oxygens (including phenoxy) is 1. The van der Waals surface area contributed by atoms with Gasteiger partial charge in [-0.25, -0.2) is 17.2 Å². The predicted octanol–water partition coefficient (Wildman–Crippen LogP) is 2.27. The Bertz CT molecular complexity index is 760. The van der Waals surface area contributed by atoms with E-state index in [0.29, 0.717) is 11.3 Å². The summed E-state index contributed by atoms with van der Waals surface area (Å²) in [7, 11) is -3.56. The van der Waals surface area contributed by atoms with Crippen LogP contribution in [0, 0.1) is 13.8 Å². The first kappa shape index (κ1) is 15.3. The lowest BCUT2D eigenvalue weighted by Crippen LogP contribution is -2.20. The van der Waals surface area contributed by atoms with Crippen molar-refractivity contribution in [3.63, 3.8) is 0 Å². The van der Waals surface area contributed by atoms with Crippen LogP contribution in [-0.4, -0.2) is 24.6 Å². The predicted molar refractivity (Wildman–Crippen MR) is 79.7 cm³/mol. The number of aromatic nitrogens is 1. The van der Waals surface area contributed by atoms with Crippen molar-refractivity contribution in [2.24, 2.45) is 0 Å². The van der Waals surface area contributed by atoms with Crippen molar-refractivity contribution < 1.29 is 17.9 Å². The van der Waals surface area contributed by atoms with Gasteiger partial charge < -0.3 is 4.74 Å². The van der Waals surface area contributed by atoms with Gasteiger partial charge in [-0.2, -0.15) is 0 Å². The average molecular weight is 307 g/mol. The van der Waals surface area contributed by atoms with E-state index in [1.807, 2.05) is 30.3 Å². The molecule has 0 N–H and O–H groups in total. The second-order valence-corrected chi connectivity index (χ2v) is 6.74. The molecule has 0 atom stereocenters. The molecule has 21 heavy (non-hydrogen) atoms. The molecule has 2 rings (SSSR count). The van der Waals surface area contributed by atoms with Crippen LogP contribution in [0.1, 0.15) is 27.3 Å². The summed E-state index contributed by atoms with van der Waals surface area (Å²) in [6.07, 6.45) is 1.06. The molecule has 6 heteroatoms. The molecule has 0 fully saturated rings. The third-order valence-corrected chi connectivity index (χ3v) is 4.19. The maximum atomic E-state index is 12.2. The molecular weight excluding hydrogens is 290 g/mol. The minimum Gasteiger partial charge on any atom is -0.456 e. The van der Waals surface area contributed by atoms with E-state index >= 15 is 0 Å². The van der Waals surface area contributed by atoms with Gasteiger partial charge >= 0.3 is 5.97 Å². The smallest absolute Gasteiger partial charge is 0.356 e. The first-order chi connectivity index (χ1) is 9.80. The van der Waals surface area contributed by atoms with E-state index < -0.39 is 16.0 Å². The molecule has 0 saturated carbocycles. The molecule has 0 radical (unpaired) electrons. The number of esters is 1. The van der Waals surface area contributed by atoms with Gasteiger partial charge in [-0.05, 0) is 31.0 Å². The Kier molecular flexibility index (Phi) is 4.18. The van der Waals surface area contributed by atoms with Crippen LogP contribution in [0.25, 0.3) is 0 Å². The van der Waals surface area contributed by atoms with Crippen molar-refractivity contribution in [2.45, 2.75) is 20.5 Å². The topological polar surface area (TPSA) is 65.4 Å². The zero-order valence-corrected chi connectivity index (χ0v) is 13.0. The van der Waals surface area contributed by atoms with E-state index in [1.54, 1.807) is 19.9 Å². The number of aryl methyl sites for hydroxylation is 2. The van der Waals surface area contributed by atoms with Crippen molar-refractivity contribution >= 4 is 16.0 Å². The molecule has 0 bridgehead atoms. The van der Waals surface area contributed by atoms with Gasteiger partial charge in [0.15, 0.2) is 0 Å². The highest BCUT2D eigenvalue weighted by molar-refractivity contribution is 7.89. The first-order valence-corrected chi connectivity index (χ1v) is 8.26. The van der Waals surface area contributed by atoms with Gasteiger partial charge in [0, 0.05) is 5.69 Å². The van der Waals surface area contributed by atoms with Crippen molar-refractivity contribution in [1.82, 2.24) is 3.97 Å². The Morgan fingerprint density at radius 3 is 2.38 bits per heavy atom. The number of carbonyl (C=O) groups excluding carboxylic acids is 1. The summed E-state index contributed by atoms with van der Waals surface area (Å²) in [5.74, 6) is -0.644. The molecule has 2 aromatic rings. The fourth-order valence-electron chi connectivity index (χ4n) is 2.24. The summed E-state index contributed by atoms with van der Waals surface area (Å²) in [6, 6.07) is 10.9. The lowest BCUT2D eigenvalue weighted by molar-refractivity contribution is 0.0463. The lowest BCUT2D eigenvalue weighted by atomic mass is 10.2. The summed E-state index contributed by atoms with van der Waals surface area (Å²) < 4.78 is 29.9. The number of rotatable bonds is 4. The third-order valence-electron chi connectivity index (χ3n) is 3.06. The quantitative estimate of drug-likeness (QED) is 0.813. The lowest BCUT2D eigenvalue weighted by Gasteiger charge is -2.10. The molecule has 5 nitrogen and oxygen atoms in total. The number of carbonyl (C=O) groups is 1. The molecule has 0 aliphatic heterocycles. The minimum absolute atomic E-state index is 0.0610. The van der Waals surface area contributed by atoms with Crippen LogP contribution in [0.5, 0.6) is 0 Å². The van der Waals surface area contributed by atoms with Crippen LogP contribution in [0.3, 0.4) is 0 Å². The van der Waals surface area contributed by atoms with Crippen molar-refractivity contribution in [2.75, 3.05) is 6.26 Å². The van der Waals surface area contributed by atoms with Crippen LogP contribution >= 0.6 is 0 Å². The highest BCUT2D eigenvalue weighted by Crippen LogP contribution is 2.18. The SMILES string of the molecule is Cc1cc(C)n(S(C)(=O)=O)c1C(=O)OCc1ccccc1. The fourth-order valence-corrected chi connectivity index (χ4v) is 3.37. The van der Waals surface area contributed by atoms with Crippen LogP contribution < -0.4 is 0 Å². The van der Waals surface area contributed by atoms with Gasteiger partial charge in [-0.3, -0.25) is 0 Å². The highest BCUT2D eigenvalue weighted by Gasteiger charge is 2.24. The molecule has 0 saturated heterocycles. The van der Waals surface area contributed by atoms with Gasteiger partial charge in [-0.1, -0.05) is 30.3 Å². The molecule has 0 amide bonds. The van der Waals surface area contributed by atoms with Gasteiger partial charge in [-0.15, -0.1) is 0 Å². The second-order valence-electron chi connectivity index (χ2n) is 4.91. The third kappa shape index (κ3) is 3.33. The summed E-state index contributed by atoms with van der Waals surface area (Å²) in [5.41, 5.74) is 1.97. The van der Waals surface area contributed by atoms with Gasteiger partial charge in [0.25, 0.3) is 0 Å². The van der Waals surface area contributed by atoms with E-state index in [4.69, 9.17) is 4.74 Å². The average Bonchev–Trinajstić information content (AvgIpc) is 2.72. The molecule has 0 unspecified atom stereocenters. The molecule has 112 valence electrons. The van der Waals surface area contributed by atoms with Crippen LogP contribution in [0.15, 0.2) is 36.4 Å². The van der Waals surface area contributed by atoms with E-state index in [0.717, 1.165) is 15.8 Å². The van der Waals surface area contributed by atoms with Crippen LogP contribution in [-0.2, 0) is 21.4 Å². The van der Waals surface area contributed by atoms with Crippen molar-refractivity contribution in [3.05, 3.63) is 58.9 Å². The Morgan fingerprint density at radius 2 is 1.81 bits per heavy atom. The summed E-state index contributed by atoms with van der Waals surface area (Å²) >= 11 is 0. The van der Waals surface area contributed by atoms with E-state index in [-0.39, 0.29) is 12.3 Å². The maximum absolute atomic E-state index is 12.2. The maximum Gasteiger partial charge on any atom is 0.356 e. The number of benzene rings is 1. The number of hydrogen-bond donors (Lipinski definition) is 0. The Balaban J connectivity index is 2.28. The molecule has 1 heterocycles. The van der Waals surface area contributed by atoms with Crippen molar-refractivity contribution in [3.8, 4) is 0 Å². The molecule has 0 aliphatic carbocycles. The summed E-state index contributed by atoms with van der Waals surface area (Å²) in [4.78, 5) is 12.2. The Morgan fingerprint density at radius 1 is 1.19 bits per heavy atom.